The molecule has 0 saturated heterocycles. The van der Waals surface area contributed by atoms with Crippen molar-refractivity contribution in [1.29, 1.82) is 0 Å². The van der Waals surface area contributed by atoms with Gasteiger partial charge < -0.3 is 15.1 Å². The van der Waals surface area contributed by atoms with Crippen LogP contribution >= 0.6 is 15.9 Å². The molecule has 3 aromatic rings. The highest BCUT2D eigenvalue weighted by atomic mass is 79.9. The van der Waals surface area contributed by atoms with Crippen molar-refractivity contribution in [3.8, 4) is 0 Å². The van der Waals surface area contributed by atoms with E-state index >= 15 is 0 Å². The maximum atomic E-state index is 12.1. The normalized spacial score (nSPS) is 10.4. The standard InChI is InChI=1S/C19H17BrN2O2/c20-18-6-2-1-4-14(18)12-19(23)22-16-9-7-15(8-10-16)21-13-17-5-3-11-24-17/h1-11,21H,12-13H2,(H,22,23). The van der Waals surface area contributed by atoms with Gasteiger partial charge in [0.25, 0.3) is 0 Å². The van der Waals surface area contributed by atoms with E-state index in [9.17, 15) is 4.79 Å². The molecule has 0 radical (unpaired) electrons. The Bertz CT molecular complexity index is 798. The third kappa shape index (κ3) is 4.49. The molecule has 2 N–H and O–H groups in total. The fourth-order valence-corrected chi connectivity index (χ4v) is 2.72. The molecule has 0 fully saturated rings. The number of benzene rings is 2. The minimum atomic E-state index is -0.0433. The first kappa shape index (κ1) is 16.3. The largest absolute Gasteiger partial charge is 0.467 e. The van der Waals surface area contributed by atoms with Gasteiger partial charge in [-0.2, -0.15) is 0 Å². The van der Waals surface area contributed by atoms with Gasteiger partial charge in [0.15, 0.2) is 0 Å². The molecular formula is C19H17BrN2O2. The molecule has 0 unspecified atom stereocenters. The van der Waals surface area contributed by atoms with E-state index < -0.39 is 0 Å². The SMILES string of the molecule is O=C(Cc1ccccc1Br)Nc1ccc(NCc2ccco2)cc1. The number of rotatable bonds is 6. The molecule has 5 heteroatoms. The Kier molecular flexibility index (Phi) is 5.33. The lowest BCUT2D eigenvalue weighted by Gasteiger charge is -2.08. The number of nitrogens with one attached hydrogen (secondary N) is 2. The number of amides is 1. The van der Waals surface area contributed by atoms with Crippen LogP contribution < -0.4 is 10.6 Å². The lowest BCUT2D eigenvalue weighted by Crippen LogP contribution is -2.14. The van der Waals surface area contributed by atoms with Crippen LogP contribution in [-0.2, 0) is 17.8 Å². The summed E-state index contributed by atoms with van der Waals surface area (Å²) < 4.78 is 6.22. The molecule has 4 nitrogen and oxygen atoms in total. The molecule has 0 aliphatic heterocycles. The van der Waals surface area contributed by atoms with Crippen LogP contribution in [0.1, 0.15) is 11.3 Å². The maximum Gasteiger partial charge on any atom is 0.228 e. The number of carbonyl (C=O) groups is 1. The Balaban J connectivity index is 1.54. The third-order valence-electron chi connectivity index (χ3n) is 3.52. The quantitative estimate of drug-likeness (QED) is 0.639. The van der Waals surface area contributed by atoms with Gasteiger partial charge in [-0.3, -0.25) is 4.79 Å². The minimum Gasteiger partial charge on any atom is -0.467 e. The van der Waals surface area contributed by atoms with Crippen molar-refractivity contribution in [2.75, 3.05) is 10.6 Å². The van der Waals surface area contributed by atoms with Crippen LogP contribution in [0.25, 0.3) is 0 Å². The van der Waals surface area contributed by atoms with Gasteiger partial charge in [0.05, 0.1) is 19.2 Å². The van der Waals surface area contributed by atoms with E-state index in [2.05, 4.69) is 26.6 Å². The molecule has 122 valence electrons. The third-order valence-corrected chi connectivity index (χ3v) is 4.30. The summed E-state index contributed by atoms with van der Waals surface area (Å²) in [5.74, 6) is 0.832. The van der Waals surface area contributed by atoms with Crippen molar-refractivity contribution < 1.29 is 9.21 Å². The summed E-state index contributed by atoms with van der Waals surface area (Å²) in [5.41, 5.74) is 2.71. The van der Waals surface area contributed by atoms with Gasteiger partial charge in [-0.25, -0.2) is 0 Å². The summed E-state index contributed by atoms with van der Waals surface area (Å²) in [7, 11) is 0. The summed E-state index contributed by atoms with van der Waals surface area (Å²) in [4.78, 5) is 12.1. The average molecular weight is 385 g/mol. The zero-order valence-corrected chi connectivity index (χ0v) is 14.5. The Labute approximate surface area is 149 Å². The van der Waals surface area contributed by atoms with Gasteiger partial charge in [-0.15, -0.1) is 0 Å². The molecule has 0 bridgehead atoms. The second kappa shape index (κ2) is 7.84. The van der Waals surface area contributed by atoms with Crippen LogP contribution in [0.15, 0.2) is 75.8 Å². The van der Waals surface area contributed by atoms with Crippen molar-refractivity contribution in [2.45, 2.75) is 13.0 Å². The van der Waals surface area contributed by atoms with Gasteiger partial charge in [0, 0.05) is 15.8 Å². The molecule has 1 aromatic heterocycles. The maximum absolute atomic E-state index is 12.1. The highest BCUT2D eigenvalue weighted by Crippen LogP contribution is 2.18. The fourth-order valence-electron chi connectivity index (χ4n) is 2.29. The van der Waals surface area contributed by atoms with Crippen LogP contribution in [0.4, 0.5) is 11.4 Å². The molecular weight excluding hydrogens is 368 g/mol. The van der Waals surface area contributed by atoms with Crippen molar-refractivity contribution in [3.63, 3.8) is 0 Å². The first-order valence-electron chi connectivity index (χ1n) is 7.60. The Morgan fingerprint density at radius 1 is 0.958 bits per heavy atom. The van der Waals surface area contributed by atoms with Gasteiger partial charge in [-0.05, 0) is 48.0 Å². The van der Waals surface area contributed by atoms with Crippen LogP contribution in [0, 0.1) is 0 Å². The second-order valence-electron chi connectivity index (χ2n) is 5.33. The van der Waals surface area contributed by atoms with Crippen LogP contribution in [0.2, 0.25) is 0 Å². The monoisotopic (exact) mass is 384 g/mol. The van der Waals surface area contributed by atoms with Gasteiger partial charge >= 0.3 is 0 Å². The molecule has 24 heavy (non-hydrogen) atoms. The highest BCUT2D eigenvalue weighted by molar-refractivity contribution is 9.10. The smallest absolute Gasteiger partial charge is 0.228 e. The number of hydrogen-bond donors (Lipinski definition) is 2. The molecule has 0 spiro atoms. The number of carbonyl (C=O) groups excluding carboxylic acids is 1. The van der Waals surface area contributed by atoms with E-state index in [0.717, 1.165) is 27.2 Å². The molecule has 0 saturated carbocycles. The minimum absolute atomic E-state index is 0.0433. The first-order valence-corrected chi connectivity index (χ1v) is 8.39. The molecule has 0 atom stereocenters. The summed E-state index contributed by atoms with van der Waals surface area (Å²) in [6.07, 6.45) is 1.99. The van der Waals surface area contributed by atoms with Crippen LogP contribution in [-0.4, -0.2) is 5.91 Å². The molecule has 0 aliphatic rings. The summed E-state index contributed by atoms with van der Waals surface area (Å²) in [5, 5.41) is 6.17. The Morgan fingerprint density at radius 3 is 2.42 bits per heavy atom. The molecule has 3 rings (SSSR count). The summed E-state index contributed by atoms with van der Waals surface area (Å²) in [6, 6.07) is 19.1. The predicted molar refractivity (Wildman–Crippen MR) is 99.0 cm³/mol. The Morgan fingerprint density at radius 2 is 1.71 bits per heavy atom. The second-order valence-corrected chi connectivity index (χ2v) is 6.18. The number of furan rings is 1. The Hall–Kier alpha value is -2.53. The van der Waals surface area contributed by atoms with Crippen molar-refractivity contribution in [1.82, 2.24) is 0 Å². The topological polar surface area (TPSA) is 54.3 Å². The van der Waals surface area contributed by atoms with Crippen molar-refractivity contribution in [2.24, 2.45) is 0 Å². The van der Waals surface area contributed by atoms with E-state index in [4.69, 9.17) is 4.42 Å². The van der Waals surface area contributed by atoms with Crippen molar-refractivity contribution >= 4 is 33.2 Å². The number of anilines is 2. The van der Waals surface area contributed by atoms with E-state index in [0.29, 0.717) is 13.0 Å². The van der Waals surface area contributed by atoms with Crippen molar-refractivity contribution in [3.05, 3.63) is 82.7 Å². The zero-order chi connectivity index (χ0) is 16.8. The molecule has 1 heterocycles. The molecule has 0 aliphatic carbocycles. The highest BCUT2D eigenvalue weighted by Gasteiger charge is 2.07. The predicted octanol–water partition coefficient (Wildman–Crippen LogP) is 4.84. The van der Waals surface area contributed by atoms with E-state index in [-0.39, 0.29) is 5.91 Å². The number of halogens is 1. The van der Waals surface area contributed by atoms with Gasteiger partial charge in [0.1, 0.15) is 5.76 Å². The van der Waals surface area contributed by atoms with Gasteiger partial charge in [-0.1, -0.05) is 34.1 Å². The zero-order valence-electron chi connectivity index (χ0n) is 13.0. The summed E-state index contributed by atoms with van der Waals surface area (Å²) >= 11 is 3.46. The van der Waals surface area contributed by atoms with E-state index in [1.165, 1.54) is 0 Å². The van der Waals surface area contributed by atoms with Crippen LogP contribution in [0.3, 0.4) is 0 Å². The molecule has 1 amide bonds. The fraction of sp³-hybridized carbons (Fsp3) is 0.105. The van der Waals surface area contributed by atoms with Gasteiger partial charge in [0.2, 0.25) is 5.91 Å². The first-order chi connectivity index (χ1) is 11.7. The lowest BCUT2D eigenvalue weighted by molar-refractivity contribution is -0.115. The summed E-state index contributed by atoms with van der Waals surface area (Å²) in [6.45, 7) is 0.626. The average Bonchev–Trinajstić information content (AvgIpc) is 3.10. The van der Waals surface area contributed by atoms with E-state index in [1.54, 1.807) is 6.26 Å². The lowest BCUT2D eigenvalue weighted by atomic mass is 10.1. The van der Waals surface area contributed by atoms with Crippen LogP contribution in [0.5, 0.6) is 0 Å². The number of hydrogen-bond acceptors (Lipinski definition) is 3. The molecule has 2 aromatic carbocycles. The van der Waals surface area contributed by atoms with E-state index in [1.807, 2.05) is 60.7 Å².